The Hall–Kier alpha value is -5.02. The quantitative estimate of drug-likeness (QED) is 0.419. The lowest BCUT2D eigenvalue weighted by atomic mass is 10.1. The van der Waals surface area contributed by atoms with Gasteiger partial charge in [0.2, 0.25) is 0 Å². The minimum absolute atomic E-state index is 0.157. The number of hydrogen-bond donors (Lipinski definition) is 1. The van der Waals surface area contributed by atoms with Gasteiger partial charge in [-0.15, -0.1) is 0 Å². The Bertz CT molecular complexity index is 1620. The number of hydrogen-bond acceptors (Lipinski definition) is 4. The third-order valence-electron chi connectivity index (χ3n) is 5.14. The third kappa shape index (κ3) is 4.31. The summed E-state index contributed by atoms with van der Waals surface area (Å²) < 4.78 is 1.26. The summed E-state index contributed by atoms with van der Waals surface area (Å²) in [6.07, 6.45) is 1.69. The van der Waals surface area contributed by atoms with Gasteiger partial charge in [0.25, 0.3) is 11.5 Å². The number of rotatable bonds is 3. The summed E-state index contributed by atoms with van der Waals surface area (Å²) in [5, 5.41) is 8.22. The van der Waals surface area contributed by atoms with E-state index in [0.29, 0.717) is 27.8 Å². The molecule has 1 N–H and O–H groups in total. The fourth-order valence-corrected chi connectivity index (χ4v) is 3.54. The lowest BCUT2D eigenvalue weighted by molar-refractivity contribution is 0.102. The highest BCUT2D eigenvalue weighted by atomic mass is 16.2. The molecular weight excluding hydrogens is 424 g/mol. The van der Waals surface area contributed by atoms with Crippen LogP contribution in [0.1, 0.15) is 21.7 Å². The second-order valence-electron chi connectivity index (χ2n) is 7.45. The lowest BCUT2D eigenvalue weighted by Crippen LogP contribution is -2.26. The zero-order chi connectivity index (χ0) is 23.3. The van der Waals surface area contributed by atoms with Crippen molar-refractivity contribution in [3.8, 4) is 17.5 Å². The molecule has 2 heterocycles. The highest BCUT2D eigenvalue weighted by Gasteiger charge is 2.17. The van der Waals surface area contributed by atoms with Crippen molar-refractivity contribution in [2.45, 2.75) is 0 Å². The van der Waals surface area contributed by atoms with Crippen LogP contribution in [0, 0.1) is 11.8 Å². The maximum atomic E-state index is 13.3. The number of benzene rings is 3. The summed E-state index contributed by atoms with van der Waals surface area (Å²) >= 11 is 0. The van der Waals surface area contributed by atoms with Gasteiger partial charge in [0.15, 0.2) is 5.69 Å². The molecule has 0 atom stereocenters. The molecule has 0 fully saturated rings. The monoisotopic (exact) mass is 442 g/mol. The number of aromatic nitrogens is 3. The van der Waals surface area contributed by atoms with Crippen LogP contribution in [-0.2, 0) is 0 Å². The van der Waals surface area contributed by atoms with E-state index in [4.69, 9.17) is 0 Å². The average Bonchev–Trinajstić information content (AvgIpc) is 2.89. The van der Waals surface area contributed by atoms with E-state index in [9.17, 15) is 9.59 Å². The van der Waals surface area contributed by atoms with Crippen molar-refractivity contribution in [3.63, 3.8) is 0 Å². The summed E-state index contributed by atoms with van der Waals surface area (Å²) in [5.74, 6) is 5.64. The lowest BCUT2D eigenvalue weighted by Gasteiger charge is -2.11. The zero-order valence-corrected chi connectivity index (χ0v) is 18.0. The molecule has 0 unspecified atom stereocenters. The number of fused-ring (bicyclic) bond motifs is 1. The number of anilines is 1. The fraction of sp³-hybridized carbons (Fsp3) is 0. The summed E-state index contributed by atoms with van der Waals surface area (Å²) in [7, 11) is 0. The van der Waals surface area contributed by atoms with E-state index in [1.165, 1.54) is 4.68 Å². The van der Waals surface area contributed by atoms with Gasteiger partial charge in [-0.25, -0.2) is 4.98 Å². The van der Waals surface area contributed by atoms with Crippen LogP contribution in [0.2, 0.25) is 0 Å². The Labute approximate surface area is 195 Å². The number of para-hydroxylation sites is 1. The molecule has 0 bridgehead atoms. The predicted octanol–water partition coefficient (Wildman–Crippen LogP) is 4.43. The molecule has 1 amide bonds. The summed E-state index contributed by atoms with van der Waals surface area (Å²) in [6, 6.07) is 28.8. The van der Waals surface area contributed by atoms with Crippen LogP contribution in [0.3, 0.4) is 0 Å². The largest absolute Gasteiger partial charge is 0.321 e. The molecule has 0 radical (unpaired) electrons. The first-order chi connectivity index (χ1) is 16.7. The summed E-state index contributed by atoms with van der Waals surface area (Å²) in [6.45, 7) is 0. The van der Waals surface area contributed by atoms with Crippen molar-refractivity contribution in [1.82, 2.24) is 14.8 Å². The molecular formula is C28H18N4O2. The molecule has 0 aliphatic carbocycles. The van der Waals surface area contributed by atoms with E-state index in [0.717, 1.165) is 5.56 Å². The van der Waals surface area contributed by atoms with Crippen molar-refractivity contribution in [3.05, 3.63) is 131 Å². The Morgan fingerprint density at radius 3 is 2.35 bits per heavy atom. The van der Waals surface area contributed by atoms with Gasteiger partial charge in [-0.1, -0.05) is 54.5 Å². The highest BCUT2D eigenvalue weighted by molar-refractivity contribution is 6.11. The zero-order valence-electron chi connectivity index (χ0n) is 18.0. The highest BCUT2D eigenvalue weighted by Crippen LogP contribution is 2.18. The Balaban J connectivity index is 1.51. The van der Waals surface area contributed by atoms with Gasteiger partial charge in [-0.05, 0) is 54.5 Å². The average molecular weight is 442 g/mol. The Kier molecular flexibility index (Phi) is 5.66. The first-order valence-electron chi connectivity index (χ1n) is 10.6. The van der Waals surface area contributed by atoms with Crippen molar-refractivity contribution >= 4 is 22.4 Å². The molecule has 3 aromatic carbocycles. The minimum Gasteiger partial charge on any atom is -0.321 e. The third-order valence-corrected chi connectivity index (χ3v) is 5.14. The van der Waals surface area contributed by atoms with Gasteiger partial charge in [0.05, 0.1) is 11.1 Å². The minimum atomic E-state index is -0.421. The van der Waals surface area contributed by atoms with Crippen LogP contribution in [0.4, 0.5) is 5.69 Å². The topological polar surface area (TPSA) is 76.9 Å². The molecule has 5 aromatic rings. The molecule has 6 heteroatoms. The van der Waals surface area contributed by atoms with Gasteiger partial charge < -0.3 is 5.32 Å². The number of nitrogens with one attached hydrogen (secondary N) is 1. The molecule has 2 aromatic heterocycles. The van der Waals surface area contributed by atoms with E-state index in [1.54, 1.807) is 54.7 Å². The molecule has 5 rings (SSSR count). The van der Waals surface area contributed by atoms with Gasteiger partial charge in [0.1, 0.15) is 5.69 Å². The van der Waals surface area contributed by atoms with Gasteiger partial charge in [-0.3, -0.25) is 9.59 Å². The van der Waals surface area contributed by atoms with Crippen molar-refractivity contribution in [1.29, 1.82) is 0 Å². The van der Waals surface area contributed by atoms with Crippen LogP contribution >= 0.6 is 0 Å². The van der Waals surface area contributed by atoms with Gasteiger partial charge in [-0.2, -0.15) is 9.78 Å². The molecule has 0 aliphatic rings. The van der Waals surface area contributed by atoms with Crippen LogP contribution in [0.5, 0.6) is 0 Å². The number of amides is 1. The molecule has 0 saturated heterocycles. The standard InChI is InChI=1S/C28H18N4O2/c33-27(30-22-11-8-9-20(19-22)16-17-21-10-6-7-18-29-21)26-24-14-4-5-15-25(24)28(34)32(31-26)23-12-2-1-3-13-23/h1-15,18-19H,(H,30,33). The van der Waals surface area contributed by atoms with Crippen molar-refractivity contribution in [2.24, 2.45) is 0 Å². The first-order valence-corrected chi connectivity index (χ1v) is 10.6. The molecule has 0 saturated carbocycles. The van der Waals surface area contributed by atoms with E-state index in [2.05, 4.69) is 27.2 Å². The van der Waals surface area contributed by atoms with Crippen LogP contribution in [0.25, 0.3) is 16.5 Å². The Morgan fingerprint density at radius 1 is 0.794 bits per heavy atom. The second kappa shape index (κ2) is 9.23. The Morgan fingerprint density at radius 2 is 1.56 bits per heavy atom. The number of carbonyl (C=O) groups excluding carboxylic acids is 1. The van der Waals surface area contributed by atoms with Gasteiger partial charge in [0, 0.05) is 22.8 Å². The smallest absolute Gasteiger partial charge is 0.279 e. The van der Waals surface area contributed by atoms with Crippen LogP contribution < -0.4 is 10.9 Å². The van der Waals surface area contributed by atoms with E-state index < -0.39 is 5.91 Å². The fourth-order valence-electron chi connectivity index (χ4n) is 3.54. The molecule has 162 valence electrons. The van der Waals surface area contributed by atoms with E-state index in [-0.39, 0.29) is 11.3 Å². The first kappa shape index (κ1) is 20.9. The maximum Gasteiger partial charge on any atom is 0.279 e. The number of carbonyl (C=O) groups is 1. The van der Waals surface area contributed by atoms with Crippen LogP contribution in [0.15, 0.2) is 108 Å². The molecule has 6 nitrogen and oxygen atoms in total. The molecule has 0 aliphatic heterocycles. The summed E-state index contributed by atoms with van der Waals surface area (Å²) in [4.78, 5) is 30.5. The number of pyridine rings is 1. The maximum absolute atomic E-state index is 13.3. The molecule has 0 spiro atoms. The SMILES string of the molecule is O=C(Nc1cccc(C#Cc2ccccn2)c1)c1nn(-c2ccccc2)c(=O)c2ccccc12. The van der Waals surface area contributed by atoms with Crippen molar-refractivity contribution < 1.29 is 4.79 Å². The summed E-state index contributed by atoms with van der Waals surface area (Å²) in [5.41, 5.74) is 2.42. The van der Waals surface area contributed by atoms with E-state index in [1.807, 2.05) is 48.5 Å². The second-order valence-corrected chi connectivity index (χ2v) is 7.45. The normalized spacial score (nSPS) is 10.4. The van der Waals surface area contributed by atoms with Gasteiger partial charge >= 0.3 is 0 Å². The number of nitrogens with zero attached hydrogens (tertiary/aromatic N) is 3. The van der Waals surface area contributed by atoms with E-state index >= 15 is 0 Å². The molecule has 34 heavy (non-hydrogen) atoms. The predicted molar refractivity (Wildman–Crippen MR) is 132 cm³/mol. The van der Waals surface area contributed by atoms with Crippen molar-refractivity contribution in [2.75, 3.05) is 5.32 Å². The van der Waals surface area contributed by atoms with Crippen LogP contribution in [-0.4, -0.2) is 20.7 Å².